The van der Waals surface area contributed by atoms with Crippen LogP contribution in [0, 0.1) is 23.3 Å². The van der Waals surface area contributed by atoms with Crippen molar-refractivity contribution in [2.75, 3.05) is 23.3 Å². The molecule has 0 fully saturated rings. The second-order valence-electron chi connectivity index (χ2n) is 5.29. The molecule has 0 unspecified atom stereocenters. The highest BCUT2D eigenvalue weighted by atomic mass is 79.9. The predicted octanol–water partition coefficient (Wildman–Crippen LogP) is 5.17. The largest absolute Gasteiger partial charge is 0.371 e. The van der Waals surface area contributed by atoms with Crippen LogP contribution in [0.2, 0.25) is 0 Å². The molecule has 0 saturated carbocycles. The fraction of sp³-hybridized carbons (Fsp3) is 0.235. The van der Waals surface area contributed by atoms with Gasteiger partial charge in [-0.1, -0.05) is 15.9 Å². The van der Waals surface area contributed by atoms with E-state index in [0.717, 1.165) is 24.1 Å². The van der Waals surface area contributed by atoms with E-state index in [2.05, 4.69) is 25.8 Å². The molecule has 0 amide bonds. The minimum atomic E-state index is -1.85. The molecule has 0 aliphatic heterocycles. The first-order chi connectivity index (χ1) is 11.5. The Bertz CT molecular complexity index is 930. The summed E-state index contributed by atoms with van der Waals surface area (Å²) in [6, 6.07) is 6.53. The van der Waals surface area contributed by atoms with E-state index in [1.54, 1.807) is 12.1 Å². The number of halogens is 5. The van der Waals surface area contributed by atoms with E-state index < -0.39 is 28.8 Å². The fourth-order valence-corrected chi connectivity index (χ4v) is 3.11. The highest BCUT2D eigenvalue weighted by Gasteiger charge is 2.22. The van der Waals surface area contributed by atoms with Crippen LogP contribution in [0.15, 0.2) is 24.3 Å². The van der Waals surface area contributed by atoms with Gasteiger partial charge in [0.15, 0.2) is 23.3 Å². The van der Waals surface area contributed by atoms with Gasteiger partial charge in [0.05, 0.1) is 5.52 Å². The minimum Gasteiger partial charge on any atom is -0.371 e. The third-order valence-corrected chi connectivity index (χ3v) is 4.28. The van der Waals surface area contributed by atoms with E-state index in [0.29, 0.717) is 10.9 Å². The molecule has 0 atom stereocenters. The second-order valence-corrected chi connectivity index (χ2v) is 6.08. The average molecular weight is 401 g/mol. The topological polar surface area (TPSA) is 16.1 Å². The van der Waals surface area contributed by atoms with Crippen molar-refractivity contribution in [2.45, 2.75) is 6.92 Å². The normalized spacial score (nSPS) is 11.4. The monoisotopic (exact) mass is 400 g/mol. The van der Waals surface area contributed by atoms with Crippen molar-refractivity contribution in [2.24, 2.45) is 0 Å². The third kappa shape index (κ3) is 2.70. The van der Waals surface area contributed by atoms with Crippen molar-refractivity contribution in [1.29, 1.82) is 0 Å². The molecule has 2 aromatic carbocycles. The summed E-state index contributed by atoms with van der Waals surface area (Å²) in [5.41, 5.74) is 0.749. The number of alkyl halides is 1. The quantitative estimate of drug-likeness (QED) is 0.197. The molecule has 0 aliphatic carbocycles. The van der Waals surface area contributed by atoms with Crippen LogP contribution in [-0.2, 0) is 0 Å². The van der Waals surface area contributed by atoms with Gasteiger partial charge in [0.25, 0.3) is 0 Å². The lowest BCUT2D eigenvalue weighted by atomic mass is 10.1. The summed E-state index contributed by atoms with van der Waals surface area (Å²) in [5, 5.41) is 0.927. The molecule has 126 valence electrons. The van der Waals surface area contributed by atoms with E-state index in [1.807, 2.05) is 13.0 Å². The first kappa shape index (κ1) is 17.0. The molecule has 0 aliphatic rings. The van der Waals surface area contributed by atoms with Crippen LogP contribution in [0.25, 0.3) is 21.8 Å². The maximum absolute atomic E-state index is 14.0. The molecule has 0 bridgehead atoms. The van der Waals surface area contributed by atoms with Crippen molar-refractivity contribution in [3.8, 4) is 0 Å². The first-order valence-electron chi connectivity index (χ1n) is 7.35. The molecule has 1 heterocycles. The smallest absolute Gasteiger partial charge is 0.199 e. The molecule has 0 radical (unpaired) electrons. The summed E-state index contributed by atoms with van der Waals surface area (Å²) in [6.07, 6.45) is 0. The van der Waals surface area contributed by atoms with Crippen LogP contribution < -0.4 is 4.90 Å². The average Bonchev–Trinajstić information content (AvgIpc) is 2.61. The van der Waals surface area contributed by atoms with Crippen molar-refractivity contribution < 1.29 is 17.6 Å². The SMILES string of the molecule is CCN(CCBr)c1ccc2nc3c(F)c(F)c(F)c(F)c3cc2c1. The molecule has 0 N–H and O–H groups in total. The van der Waals surface area contributed by atoms with Crippen LogP contribution in [0.4, 0.5) is 23.2 Å². The Hall–Kier alpha value is -1.89. The van der Waals surface area contributed by atoms with Gasteiger partial charge in [-0.15, -0.1) is 0 Å². The molecular formula is C17H13BrF4N2. The number of fused-ring (bicyclic) bond motifs is 2. The van der Waals surface area contributed by atoms with E-state index >= 15 is 0 Å². The number of aromatic nitrogens is 1. The zero-order valence-corrected chi connectivity index (χ0v) is 14.3. The molecule has 1 aromatic heterocycles. The standard InChI is InChI=1S/C17H13BrF4N2/c1-2-24(6-5-18)10-3-4-12-9(7-10)8-11-13(19)14(20)15(21)16(22)17(11)23-12/h3-4,7-8H,2,5-6H2,1H3. The highest BCUT2D eigenvalue weighted by Crippen LogP contribution is 2.30. The summed E-state index contributed by atoms with van der Waals surface area (Å²) in [6.45, 7) is 3.53. The van der Waals surface area contributed by atoms with Gasteiger partial charge in [-0.2, -0.15) is 0 Å². The van der Waals surface area contributed by atoms with Crippen LogP contribution >= 0.6 is 15.9 Å². The Kier molecular flexibility index (Phi) is 4.62. The molecule has 3 aromatic rings. The van der Waals surface area contributed by atoms with Crippen molar-refractivity contribution in [3.63, 3.8) is 0 Å². The van der Waals surface area contributed by atoms with E-state index in [9.17, 15) is 17.6 Å². The summed E-state index contributed by atoms with van der Waals surface area (Å²) in [5.74, 6) is -6.59. The van der Waals surface area contributed by atoms with Gasteiger partial charge in [-0.05, 0) is 31.2 Å². The van der Waals surface area contributed by atoms with Crippen LogP contribution in [0.5, 0.6) is 0 Å². The minimum absolute atomic E-state index is 0.375. The number of anilines is 1. The van der Waals surface area contributed by atoms with Crippen LogP contribution in [0.3, 0.4) is 0 Å². The fourth-order valence-electron chi connectivity index (χ4n) is 2.68. The van der Waals surface area contributed by atoms with E-state index in [-0.39, 0.29) is 5.39 Å². The molecule has 0 saturated heterocycles. The first-order valence-corrected chi connectivity index (χ1v) is 8.47. The highest BCUT2D eigenvalue weighted by molar-refractivity contribution is 9.09. The maximum Gasteiger partial charge on any atom is 0.199 e. The van der Waals surface area contributed by atoms with Gasteiger partial charge in [0, 0.05) is 34.9 Å². The maximum atomic E-state index is 14.0. The van der Waals surface area contributed by atoms with Crippen LogP contribution in [-0.4, -0.2) is 23.4 Å². The summed E-state index contributed by atoms with van der Waals surface area (Å²) in [7, 11) is 0. The summed E-state index contributed by atoms with van der Waals surface area (Å²) < 4.78 is 54.7. The number of nitrogens with zero attached hydrogens (tertiary/aromatic N) is 2. The number of rotatable bonds is 4. The Labute approximate surface area is 144 Å². The van der Waals surface area contributed by atoms with Gasteiger partial charge >= 0.3 is 0 Å². The second kappa shape index (κ2) is 6.55. The number of pyridine rings is 1. The zero-order chi connectivity index (χ0) is 17.4. The molecule has 24 heavy (non-hydrogen) atoms. The summed E-state index contributed by atoms with van der Waals surface area (Å²) in [4.78, 5) is 6.05. The van der Waals surface area contributed by atoms with Crippen molar-refractivity contribution in [1.82, 2.24) is 4.98 Å². The lowest BCUT2D eigenvalue weighted by molar-refractivity contribution is 0.417. The van der Waals surface area contributed by atoms with Gasteiger partial charge in [-0.3, -0.25) is 0 Å². The molecule has 3 rings (SSSR count). The Morgan fingerprint density at radius 1 is 1.00 bits per heavy atom. The molecule has 7 heteroatoms. The number of hydrogen-bond donors (Lipinski definition) is 0. The number of hydrogen-bond acceptors (Lipinski definition) is 2. The van der Waals surface area contributed by atoms with Gasteiger partial charge in [0.1, 0.15) is 5.52 Å². The van der Waals surface area contributed by atoms with Crippen molar-refractivity contribution in [3.05, 3.63) is 47.5 Å². The Morgan fingerprint density at radius 2 is 1.71 bits per heavy atom. The molecule has 2 nitrogen and oxygen atoms in total. The van der Waals surface area contributed by atoms with Crippen molar-refractivity contribution >= 4 is 43.4 Å². The predicted molar refractivity (Wildman–Crippen MR) is 90.8 cm³/mol. The Morgan fingerprint density at radius 3 is 2.38 bits per heavy atom. The van der Waals surface area contributed by atoms with Gasteiger partial charge < -0.3 is 4.90 Å². The zero-order valence-electron chi connectivity index (χ0n) is 12.7. The molecule has 0 spiro atoms. The lowest BCUT2D eigenvalue weighted by Gasteiger charge is -2.22. The van der Waals surface area contributed by atoms with E-state index in [4.69, 9.17) is 0 Å². The molecular weight excluding hydrogens is 388 g/mol. The van der Waals surface area contributed by atoms with Crippen LogP contribution in [0.1, 0.15) is 6.92 Å². The van der Waals surface area contributed by atoms with Gasteiger partial charge in [-0.25, -0.2) is 22.5 Å². The third-order valence-electron chi connectivity index (χ3n) is 3.92. The number of benzene rings is 2. The Balaban J connectivity index is 2.26. The van der Waals surface area contributed by atoms with E-state index in [1.165, 1.54) is 6.07 Å². The van der Waals surface area contributed by atoms with Gasteiger partial charge in [0.2, 0.25) is 0 Å². The summed E-state index contributed by atoms with van der Waals surface area (Å²) >= 11 is 3.38. The lowest BCUT2D eigenvalue weighted by Crippen LogP contribution is -2.24.